The van der Waals surface area contributed by atoms with Gasteiger partial charge in [0.05, 0.1) is 12.2 Å². The molecule has 0 heterocycles. The smallest absolute Gasteiger partial charge is 0.0630 e. The van der Waals surface area contributed by atoms with Gasteiger partial charge >= 0.3 is 0 Å². The molecule has 0 radical (unpaired) electrons. The second kappa shape index (κ2) is 10.9. The number of nitrogens with zero attached hydrogens (tertiary/aromatic N) is 1. The van der Waals surface area contributed by atoms with Crippen LogP contribution >= 0.6 is 11.8 Å². The molecule has 0 bridgehead atoms. The third-order valence-electron chi connectivity index (χ3n) is 2.06. The molecule has 0 aliphatic rings. The van der Waals surface area contributed by atoms with Gasteiger partial charge in [-0.15, -0.1) is 0 Å². The van der Waals surface area contributed by atoms with Crippen LogP contribution in [0.1, 0.15) is 45.4 Å². The molecule has 0 saturated carbocycles. The average molecular weight is 215 g/mol. The minimum atomic E-state index is -0.171. The molecule has 0 rings (SSSR count). The third kappa shape index (κ3) is 9.88. The van der Waals surface area contributed by atoms with Crippen molar-refractivity contribution in [1.82, 2.24) is 0 Å². The van der Waals surface area contributed by atoms with E-state index in [1.165, 1.54) is 19.3 Å². The molecule has 0 aromatic carbocycles. The van der Waals surface area contributed by atoms with Crippen molar-refractivity contribution in [3.8, 4) is 6.07 Å². The predicted molar refractivity (Wildman–Crippen MR) is 62.3 cm³/mol. The Morgan fingerprint density at radius 1 is 1.36 bits per heavy atom. The number of aliphatic hydroxyl groups is 1. The van der Waals surface area contributed by atoms with Crippen molar-refractivity contribution in [2.75, 3.05) is 11.5 Å². The van der Waals surface area contributed by atoms with Crippen molar-refractivity contribution in [3.63, 3.8) is 0 Å². The van der Waals surface area contributed by atoms with Crippen molar-refractivity contribution in [2.24, 2.45) is 0 Å². The van der Waals surface area contributed by atoms with Crippen molar-refractivity contribution in [1.29, 1.82) is 5.26 Å². The first-order valence-corrected chi connectivity index (χ1v) is 6.59. The van der Waals surface area contributed by atoms with Crippen LogP contribution in [0.3, 0.4) is 0 Å². The lowest BCUT2D eigenvalue weighted by atomic mass is 10.1. The molecule has 14 heavy (non-hydrogen) atoms. The number of rotatable bonds is 9. The van der Waals surface area contributed by atoms with Crippen molar-refractivity contribution in [2.45, 2.75) is 51.6 Å². The molecular weight excluding hydrogens is 194 g/mol. The average Bonchev–Trinajstić information content (AvgIpc) is 2.19. The summed E-state index contributed by atoms with van der Waals surface area (Å²) < 4.78 is 0. The van der Waals surface area contributed by atoms with Crippen LogP contribution in [0.4, 0.5) is 0 Å². The molecule has 0 aromatic rings. The largest absolute Gasteiger partial charge is 0.392 e. The summed E-state index contributed by atoms with van der Waals surface area (Å²) in [7, 11) is 0. The monoisotopic (exact) mass is 215 g/mol. The Labute approximate surface area is 91.7 Å². The molecule has 0 amide bonds. The summed E-state index contributed by atoms with van der Waals surface area (Å²) in [4.78, 5) is 0. The fraction of sp³-hybridized carbons (Fsp3) is 0.909. The highest BCUT2D eigenvalue weighted by atomic mass is 32.2. The number of hydrogen-bond donors (Lipinski definition) is 1. The van der Waals surface area contributed by atoms with Gasteiger partial charge in [0.2, 0.25) is 0 Å². The zero-order valence-electron chi connectivity index (χ0n) is 9.04. The molecule has 0 aromatic heterocycles. The van der Waals surface area contributed by atoms with E-state index in [1.807, 2.05) is 0 Å². The summed E-state index contributed by atoms with van der Waals surface area (Å²) in [6.07, 6.45) is 6.22. The maximum Gasteiger partial charge on any atom is 0.0630 e. The molecule has 0 aliphatic carbocycles. The Kier molecular flexibility index (Phi) is 10.7. The van der Waals surface area contributed by atoms with Gasteiger partial charge in [0.1, 0.15) is 0 Å². The molecular formula is C11H21NOS. The normalized spacial score (nSPS) is 12.4. The van der Waals surface area contributed by atoms with Crippen LogP contribution in [-0.2, 0) is 0 Å². The molecule has 1 unspecified atom stereocenters. The number of nitriles is 1. The molecule has 0 spiro atoms. The number of thioether (sulfide) groups is 1. The second-order valence-corrected chi connectivity index (χ2v) is 4.64. The maximum atomic E-state index is 9.54. The lowest BCUT2D eigenvalue weighted by molar-refractivity contribution is 0.185. The topological polar surface area (TPSA) is 44.0 Å². The van der Waals surface area contributed by atoms with Crippen LogP contribution in [0.15, 0.2) is 0 Å². The van der Waals surface area contributed by atoms with Crippen molar-refractivity contribution < 1.29 is 5.11 Å². The lowest BCUT2D eigenvalue weighted by Gasteiger charge is -2.08. The van der Waals surface area contributed by atoms with Gasteiger partial charge in [-0.1, -0.05) is 32.6 Å². The van der Waals surface area contributed by atoms with Crippen LogP contribution in [-0.4, -0.2) is 22.7 Å². The first-order chi connectivity index (χ1) is 6.81. The molecule has 3 heteroatoms. The van der Waals surface area contributed by atoms with E-state index in [-0.39, 0.29) is 6.10 Å². The van der Waals surface area contributed by atoms with E-state index in [2.05, 4.69) is 13.0 Å². The summed E-state index contributed by atoms with van der Waals surface area (Å²) in [6.45, 7) is 2.19. The van der Waals surface area contributed by atoms with Crippen molar-refractivity contribution >= 4 is 11.8 Å². The molecule has 1 N–H and O–H groups in total. The van der Waals surface area contributed by atoms with E-state index in [1.54, 1.807) is 11.8 Å². The summed E-state index contributed by atoms with van der Waals surface area (Å²) in [5.41, 5.74) is 0. The van der Waals surface area contributed by atoms with Gasteiger partial charge in [0.15, 0.2) is 0 Å². The Bertz CT molecular complexity index is 156. The number of aliphatic hydroxyl groups excluding tert-OH is 1. The van der Waals surface area contributed by atoms with Gasteiger partial charge < -0.3 is 5.11 Å². The van der Waals surface area contributed by atoms with E-state index < -0.39 is 0 Å². The van der Waals surface area contributed by atoms with Crippen LogP contribution in [0, 0.1) is 11.3 Å². The maximum absolute atomic E-state index is 9.54. The summed E-state index contributed by atoms with van der Waals surface area (Å²) >= 11 is 1.68. The molecule has 0 saturated heterocycles. The van der Waals surface area contributed by atoms with Gasteiger partial charge in [0, 0.05) is 17.9 Å². The van der Waals surface area contributed by atoms with Gasteiger partial charge in [0.25, 0.3) is 0 Å². The van der Waals surface area contributed by atoms with Gasteiger partial charge in [-0.25, -0.2) is 0 Å². The highest BCUT2D eigenvalue weighted by Gasteiger charge is 2.03. The van der Waals surface area contributed by atoms with Crippen LogP contribution < -0.4 is 0 Å². The van der Waals surface area contributed by atoms with Crippen LogP contribution in [0.5, 0.6) is 0 Å². The van der Waals surface area contributed by atoms with Gasteiger partial charge in [-0.3, -0.25) is 0 Å². The zero-order valence-corrected chi connectivity index (χ0v) is 9.85. The van der Waals surface area contributed by atoms with Crippen molar-refractivity contribution in [3.05, 3.63) is 0 Å². The Morgan fingerprint density at radius 3 is 2.79 bits per heavy atom. The Morgan fingerprint density at radius 2 is 2.14 bits per heavy atom. The molecule has 82 valence electrons. The Hall–Kier alpha value is -0.200. The van der Waals surface area contributed by atoms with Gasteiger partial charge in [-0.05, 0) is 6.42 Å². The van der Waals surface area contributed by atoms with E-state index >= 15 is 0 Å². The van der Waals surface area contributed by atoms with E-state index in [4.69, 9.17) is 5.26 Å². The zero-order chi connectivity index (χ0) is 10.6. The number of unbranched alkanes of at least 4 members (excludes halogenated alkanes) is 3. The molecule has 1 atom stereocenters. The summed E-state index contributed by atoms with van der Waals surface area (Å²) in [5, 5.41) is 17.9. The first kappa shape index (κ1) is 13.8. The molecule has 0 fully saturated rings. The predicted octanol–water partition coefficient (Wildman–Crippen LogP) is 2.96. The van der Waals surface area contributed by atoms with Gasteiger partial charge in [-0.2, -0.15) is 17.0 Å². The van der Waals surface area contributed by atoms with E-state index in [0.717, 1.165) is 24.3 Å². The highest BCUT2D eigenvalue weighted by molar-refractivity contribution is 7.99. The first-order valence-electron chi connectivity index (χ1n) is 5.44. The van der Waals surface area contributed by atoms with E-state index in [9.17, 15) is 5.11 Å². The standard InChI is InChI=1S/C11H21NOS/c1-2-3-4-5-7-11(13)10-14-9-6-8-12/h11,13H,2-7,9-10H2,1H3. The highest BCUT2D eigenvalue weighted by Crippen LogP contribution is 2.11. The SMILES string of the molecule is CCCCCCC(O)CSCCC#N. The number of hydrogen-bond acceptors (Lipinski definition) is 3. The fourth-order valence-corrected chi connectivity index (χ4v) is 2.07. The third-order valence-corrected chi connectivity index (χ3v) is 3.17. The van der Waals surface area contributed by atoms with E-state index in [0.29, 0.717) is 6.42 Å². The summed E-state index contributed by atoms with van der Waals surface area (Å²) in [5.74, 6) is 1.64. The van der Waals surface area contributed by atoms with Crippen LogP contribution in [0.2, 0.25) is 0 Å². The quantitative estimate of drug-likeness (QED) is 0.601. The molecule has 2 nitrogen and oxygen atoms in total. The molecule has 0 aliphatic heterocycles. The van der Waals surface area contributed by atoms with Crippen LogP contribution in [0.25, 0.3) is 0 Å². The minimum absolute atomic E-state index is 0.171. The lowest BCUT2D eigenvalue weighted by Crippen LogP contribution is -2.09. The second-order valence-electron chi connectivity index (χ2n) is 3.49. The minimum Gasteiger partial charge on any atom is -0.392 e. The fourth-order valence-electron chi connectivity index (χ4n) is 1.23. The Balaban J connectivity index is 3.12. The summed E-state index contributed by atoms with van der Waals surface area (Å²) in [6, 6.07) is 2.10.